The van der Waals surface area contributed by atoms with Crippen molar-refractivity contribution in [2.24, 2.45) is 16.7 Å². The third-order valence-electron chi connectivity index (χ3n) is 4.44. The van der Waals surface area contributed by atoms with Crippen LogP contribution in [0.5, 0.6) is 0 Å². The van der Waals surface area contributed by atoms with Gasteiger partial charge >= 0.3 is 0 Å². The van der Waals surface area contributed by atoms with Crippen LogP contribution in [-0.4, -0.2) is 16.9 Å². The Morgan fingerprint density at radius 1 is 1.20 bits per heavy atom. The third kappa shape index (κ3) is 2.06. The van der Waals surface area contributed by atoms with Gasteiger partial charge < -0.3 is 5.11 Å². The molecule has 0 saturated heterocycles. The first kappa shape index (κ1) is 13.0. The van der Waals surface area contributed by atoms with Gasteiger partial charge in [-0.3, -0.25) is 0 Å². The molecule has 0 amide bonds. The summed E-state index contributed by atoms with van der Waals surface area (Å²) >= 11 is 0. The first-order valence-electron chi connectivity index (χ1n) is 5.89. The standard InChI is InChI=1S/C13H25FO/c1-9(2)10(15)11(3,4)12(5)7-13(6,14)8-12/h9-10,15H,7-8H2,1-6H3. The number of hydrogen-bond acceptors (Lipinski definition) is 1. The highest BCUT2D eigenvalue weighted by atomic mass is 19.1. The molecule has 1 nitrogen and oxygen atoms in total. The van der Waals surface area contributed by atoms with Gasteiger partial charge in [0.15, 0.2) is 0 Å². The molecule has 2 heteroatoms. The summed E-state index contributed by atoms with van der Waals surface area (Å²) in [6, 6.07) is 0. The topological polar surface area (TPSA) is 20.2 Å². The number of aliphatic hydroxyl groups excluding tert-OH is 1. The molecule has 0 radical (unpaired) electrons. The molecular formula is C13H25FO. The van der Waals surface area contributed by atoms with Gasteiger partial charge in [-0.25, -0.2) is 4.39 Å². The van der Waals surface area contributed by atoms with Crippen molar-refractivity contribution in [3.63, 3.8) is 0 Å². The second-order valence-electron chi connectivity index (χ2n) is 6.74. The molecule has 1 rings (SSSR count). The number of rotatable bonds is 3. The van der Waals surface area contributed by atoms with Gasteiger partial charge in [0.05, 0.1) is 6.10 Å². The maximum absolute atomic E-state index is 13.6. The predicted octanol–water partition coefficient (Wildman–Crippen LogP) is 3.56. The van der Waals surface area contributed by atoms with Crippen LogP contribution in [0.4, 0.5) is 4.39 Å². The van der Waals surface area contributed by atoms with E-state index in [-0.39, 0.29) is 22.9 Å². The van der Waals surface area contributed by atoms with E-state index in [1.54, 1.807) is 6.92 Å². The lowest BCUT2D eigenvalue weighted by molar-refractivity contribution is -0.164. The Hall–Kier alpha value is -0.110. The van der Waals surface area contributed by atoms with Crippen LogP contribution in [0.1, 0.15) is 54.4 Å². The van der Waals surface area contributed by atoms with Crippen LogP contribution in [0.2, 0.25) is 0 Å². The van der Waals surface area contributed by atoms with E-state index in [1.807, 2.05) is 13.8 Å². The predicted molar refractivity (Wildman–Crippen MR) is 61.5 cm³/mol. The SMILES string of the molecule is CC(C)C(O)C(C)(C)C1(C)CC(C)(F)C1. The number of aliphatic hydroxyl groups is 1. The molecule has 1 fully saturated rings. The normalized spacial score (nSPS) is 39.0. The second kappa shape index (κ2) is 3.44. The van der Waals surface area contributed by atoms with E-state index in [9.17, 15) is 9.50 Å². The molecule has 0 spiro atoms. The monoisotopic (exact) mass is 216 g/mol. The van der Waals surface area contributed by atoms with Crippen molar-refractivity contribution in [2.45, 2.75) is 66.2 Å². The number of alkyl halides is 1. The van der Waals surface area contributed by atoms with Crippen molar-refractivity contribution in [1.29, 1.82) is 0 Å². The van der Waals surface area contributed by atoms with Crippen molar-refractivity contribution in [3.8, 4) is 0 Å². The molecule has 1 aliphatic rings. The zero-order valence-electron chi connectivity index (χ0n) is 10.9. The Labute approximate surface area is 93.1 Å². The van der Waals surface area contributed by atoms with Gasteiger partial charge in [-0.2, -0.15) is 0 Å². The van der Waals surface area contributed by atoms with E-state index >= 15 is 0 Å². The molecule has 1 saturated carbocycles. The van der Waals surface area contributed by atoms with Crippen LogP contribution in [0.25, 0.3) is 0 Å². The Balaban J connectivity index is 2.79. The summed E-state index contributed by atoms with van der Waals surface area (Å²) in [5, 5.41) is 10.2. The van der Waals surface area contributed by atoms with Gasteiger partial charge in [0.2, 0.25) is 0 Å². The van der Waals surface area contributed by atoms with Crippen LogP contribution >= 0.6 is 0 Å². The highest BCUT2D eigenvalue weighted by Gasteiger charge is 2.59. The van der Waals surface area contributed by atoms with Crippen LogP contribution in [0, 0.1) is 16.7 Å². The van der Waals surface area contributed by atoms with Crippen LogP contribution in [-0.2, 0) is 0 Å². The van der Waals surface area contributed by atoms with Crippen molar-refractivity contribution in [2.75, 3.05) is 0 Å². The molecule has 0 bridgehead atoms. The van der Waals surface area contributed by atoms with Gasteiger partial charge in [-0.05, 0) is 36.5 Å². The fraction of sp³-hybridized carbons (Fsp3) is 1.00. The Kier molecular flexibility index (Phi) is 2.97. The van der Waals surface area contributed by atoms with Gasteiger partial charge in [-0.1, -0.05) is 34.6 Å². The molecule has 0 heterocycles. The lowest BCUT2D eigenvalue weighted by atomic mass is 9.48. The number of hydrogen-bond donors (Lipinski definition) is 1. The summed E-state index contributed by atoms with van der Waals surface area (Å²) in [6.07, 6.45) is 0.770. The quantitative estimate of drug-likeness (QED) is 0.765. The minimum atomic E-state index is -1.03. The van der Waals surface area contributed by atoms with Crippen LogP contribution < -0.4 is 0 Å². The van der Waals surface area contributed by atoms with Crippen LogP contribution in [0.3, 0.4) is 0 Å². The Bertz CT molecular complexity index is 235. The third-order valence-corrected chi connectivity index (χ3v) is 4.44. The van der Waals surface area contributed by atoms with Crippen molar-refractivity contribution < 1.29 is 9.50 Å². The van der Waals surface area contributed by atoms with E-state index in [0.29, 0.717) is 12.8 Å². The van der Waals surface area contributed by atoms with E-state index in [2.05, 4.69) is 20.8 Å². The molecule has 0 aromatic heterocycles. The second-order valence-corrected chi connectivity index (χ2v) is 6.74. The van der Waals surface area contributed by atoms with Gasteiger partial charge in [0.25, 0.3) is 0 Å². The molecule has 1 unspecified atom stereocenters. The zero-order chi connectivity index (χ0) is 12.1. The maximum Gasteiger partial charge on any atom is 0.109 e. The van der Waals surface area contributed by atoms with Crippen molar-refractivity contribution in [1.82, 2.24) is 0 Å². The molecule has 15 heavy (non-hydrogen) atoms. The first-order valence-corrected chi connectivity index (χ1v) is 5.89. The average molecular weight is 216 g/mol. The minimum Gasteiger partial charge on any atom is -0.392 e. The van der Waals surface area contributed by atoms with Gasteiger partial charge in [0, 0.05) is 0 Å². The lowest BCUT2D eigenvalue weighted by Gasteiger charge is -2.59. The lowest BCUT2D eigenvalue weighted by Crippen LogP contribution is -2.57. The summed E-state index contributed by atoms with van der Waals surface area (Å²) in [5.74, 6) is 0.225. The fourth-order valence-electron chi connectivity index (χ4n) is 3.22. The van der Waals surface area contributed by atoms with E-state index in [4.69, 9.17) is 0 Å². The average Bonchev–Trinajstić information content (AvgIpc) is 1.98. The van der Waals surface area contributed by atoms with Crippen LogP contribution in [0.15, 0.2) is 0 Å². The molecule has 90 valence electrons. The molecular weight excluding hydrogens is 191 g/mol. The maximum atomic E-state index is 13.6. The smallest absolute Gasteiger partial charge is 0.109 e. The van der Waals surface area contributed by atoms with Crippen molar-refractivity contribution >= 4 is 0 Å². The summed E-state index contributed by atoms with van der Waals surface area (Å²) in [4.78, 5) is 0. The fourth-order valence-corrected chi connectivity index (χ4v) is 3.22. The summed E-state index contributed by atoms with van der Waals surface area (Å²) in [7, 11) is 0. The van der Waals surface area contributed by atoms with Crippen molar-refractivity contribution in [3.05, 3.63) is 0 Å². The zero-order valence-corrected chi connectivity index (χ0v) is 10.9. The van der Waals surface area contributed by atoms with Gasteiger partial charge in [0.1, 0.15) is 5.67 Å². The molecule has 0 aliphatic heterocycles. The summed E-state index contributed by atoms with van der Waals surface area (Å²) in [6.45, 7) is 11.9. The number of halogens is 1. The summed E-state index contributed by atoms with van der Waals surface area (Å²) in [5.41, 5.74) is -1.31. The largest absolute Gasteiger partial charge is 0.392 e. The molecule has 1 N–H and O–H groups in total. The van der Waals surface area contributed by atoms with Gasteiger partial charge in [-0.15, -0.1) is 0 Å². The Morgan fingerprint density at radius 2 is 1.60 bits per heavy atom. The van der Waals surface area contributed by atoms with E-state index in [0.717, 1.165) is 0 Å². The Morgan fingerprint density at radius 3 is 1.87 bits per heavy atom. The van der Waals surface area contributed by atoms with E-state index < -0.39 is 5.67 Å². The minimum absolute atomic E-state index is 0.0693. The molecule has 1 aliphatic carbocycles. The highest BCUT2D eigenvalue weighted by Crippen LogP contribution is 2.61. The molecule has 1 atom stereocenters. The highest BCUT2D eigenvalue weighted by molar-refractivity contribution is 5.08. The van der Waals surface area contributed by atoms with E-state index in [1.165, 1.54) is 0 Å². The summed E-state index contributed by atoms with van der Waals surface area (Å²) < 4.78 is 13.6. The molecule has 0 aromatic carbocycles. The first-order chi connectivity index (χ1) is 6.52. The molecule has 0 aromatic rings.